The molecule has 14 atom stereocenters. The summed E-state index contributed by atoms with van der Waals surface area (Å²) < 4.78 is 6.45. The lowest BCUT2D eigenvalue weighted by Gasteiger charge is -2.73. The number of carbonyl (C=O) groups is 4. The van der Waals surface area contributed by atoms with E-state index in [1.165, 1.54) is 18.4 Å². The van der Waals surface area contributed by atoms with Crippen LogP contribution < -0.4 is 5.32 Å². The molecule has 0 unspecified atom stereocenters. The van der Waals surface area contributed by atoms with Gasteiger partial charge in [-0.1, -0.05) is 74.5 Å². The van der Waals surface area contributed by atoms with Crippen LogP contribution in [0.1, 0.15) is 166 Å². The molecule has 58 heavy (non-hydrogen) atoms. The van der Waals surface area contributed by atoms with E-state index in [0.29, 0.717) is 29.6 Å². The van der Waals surface area contributed by atoms with Crippen molar-refractivity contribution < 1.29 is 29.0 Å². The highest BCUT2D eigenvalue weighted by molar-refractivity contribution is 5.86. The molecule has 0 aromatic carbocycles. The van der Waals surface area contributed by atoms with Crippen LogP contribution >= 0.6 is 0 Å². The third-order valence-electron chi connectivity index (χ3n) is 21.0. The van der Waals surface area contributed by atoms with E-state index < -0.39 is 5.97 Å². The number of hydrogen-bond donors (Lipinski definition) is 2. The number of esters is 1. The summed E-state index contributed by atoms with van der Waals surface area (Å²) in [5, 5.41) is 13.1. The zero-order valence-electron chi connectivity index (χ0n) is 37.9. The number of aliphatic carboxylic acids is 1. The van der Waals surface area contributed by atoms with Crippen LogP contribution in [0.4, 0.5) is 0 Å². The van der Waals surface area contributed by atoms with E-state index >= 15 is 4.79 Å². The highest BCUT2D eigenvalue weighted by Crippen LogP contribution is 2.78. The number of hydrogen-bond acceptors (Lipinski definition) is 5. The van der Waals surface area contributed by atoms with Gasteiger partial charge in [0.15, 0.2) is 0 Å². The van der Waals surface area contributed by atoms with E-state index in [9.17, 15) is 19.5 Å². The zero-order valence-corrected chi connectivity index (χ0v) is 37.9. The van der Waals surface area contributed by atoms with Gasteiger partial charge < -0.3 is 20.1 Å². The maximum Gasteiger partial charge on any atom is 0.310 e. The third kappa shape index (κ3) is 5.90. The average Bonchev–Trinajstić information content (AvgIpc) is 3.46. The minimum absolute atomic E-state index is 0.0154. The number of nitrogens with zero attached hydrogens (tertiary/aromatic N) is 1. The standard InChI is InChI=1S/C50H78N2O6/c1-29(2)30-17-22-50(43(57)51-36-27-33(44(36,3)4)41(55)52-25-13-12-14-26-52)24-23-48(10)31(39(30)50)15-16-35-47(9)20-19-37(46(7,8)34(47)18-21-49(35,48)11)58-42(56)40-32(28-38(53)54)45(40,5)6/h30-37,39-40H,1,12-28H2,2-11H3,(H,51,57)(H,53,54)/t30-,31+,32+,33+,34-,35+,36+,37-,39+,40+,47-,48+,49+,50-/m0/s1. The first kappa shape index (κ1) is 42.3. The Kier molecular flexibility index (Phi) is 10.1. The van der Waals surface area contributed by atoms with E-state index in [1.807, 2.05) is 13.8 Å². The molecule has 8 fully saturated rings. The Morgan fingerprint density at radius 1 is 0.759 bits per heavy atom. The summed E-state index contributed by atoms with van der Waals surface area (Å²) in [7, 11) is 0. The van der Waals surface area contributed by atoms with Crippen LogP contribution in [0.5, 0.6) is 0 Å². The number of carboxylic acids is 1. The van der Waals surface area contributed by atoms with Gasteiger partial charge in [0.25, 0.3) is 0 Å². The van der Waals surface area contributed by atoms with Gasteiger partial charge in [-0.2, -0.15) is 0 Å². The normalized spacial score (nSPS) is 46.8. The molecule has 1 heterocycles. The quantitative estimate of drug-likeness (QED) is 0.187. The molecule has 324 valence electrons. The smallest absolute Gasteiger partial charge is 0.310 e. The Labute approximate surface area is 350 Å². The van der Waals surface area contributed by atoms with Crippen molar-refractivity contribution in [3.63, 3.8) is 0 Å². The number of nitrogens with one attached hydrogen (secondary N) is 1. The van der Waals surface area contributed by atoms with E-state index in [1.54, 1.807) is 0 Å². The predicted molar refractivity (Wildman–Crippen MR) is 226 cm³/mol. The van der Waals surface area contributed by atoms with Crippen LogP contribution in [0, 0.1) is 85.2 Å². The minimum Gasteiger partial charge on any atom is -0.481 e. The second-order valence-corrected chi connectivity index (χ2v) is 24.2. The number of likely N-dealkylation sites (tertiary alicyclic amines) is 1. The molecule has 1 saturated heterocycles. The molecule has 8 aliphatic rings. The van der Waals surface area contributed by atoms with E-state index in [4.69, 9.17) is 4.74 Å². The van der Waals surface area contributed by atoms with E-state index in [-0.39, 0.29) is 92.0 Å². The van der Waals surface area contributed by atoms with Crippen molar-refractivity contribution in [2.75, 3.05) is 13.1 Å². The molecular formula is C50H78N2O6. The number of rotatable bonds is 8. The Hall–Kier alpha value is -2.38. The molecule has 7 saturated carbocycles. The van der Waals surface area contributed by atoms with Gasteiger partial charge in [0.1, 0.15) is 6.10 Å². The lowest BCUT2D eigenvalue weighted by molar-refractivity contribution is -0.249. The zero-order chi connectivity index (χ0) is 42.2. The van der Waals surface area contributed by atoms with Crippen molar-refractivity contribution >= 4 is 23.8 Å². The van der Waals surface area contributed by atoms with Crippen molar-refractivity contribution in [1.82, 2.24) is 10.2 Å². The lowest BCUT2D eigenvalue weighted by atomic mass is 9.32. The first-order valence-corrected chi connectivity index (χ1v) is 23.7. The van der Waals surface area contributed by atoms with Crippen molar-refractivity contribution in [2.24, 2.45) is 85.2 Å². The number of piperidine rings is 1. The number of carbonyl (C=O) groups excluding carboxylic acids is 3. The van der Waals surface area contributed by atoms with Gasteiger partial charge in [-0.15, -0.1) is 0 Å². The molecule has 0 bridgehead atoms. The van der Waals surface area contributed by atoms with Crippen LogP contribution in [0.2, 0.25) is 0 Å². The molecule has 0 aromatic heterocycles. The number of amides is 2. The van der Waals surface area contributed by atoms with Gasteiger partial charge in [-0.05, 0) is 159 Å². The second kappa shape index (κ2) is 13.8. The summed E-state index contributed by atoms with van der Waals surface area (Å²) in [6, 6.07) is 0.0223. The number of allylic oxidation sites excluding steroid dienone is 1. The van der Waals surface area contributed by atoms with Crippen LogP contribution in [0.25, 0.3) is 0 Å². The Bertz CT molecular complexity index is 1730. The predicted octanol–water partition coefficient (Wildman–Crippen LogP) is 9.85. The minimum atomic E-state index is -0.848. The summed E-state index contributed by atoms with van der Waals surface area (Å²) >= 11 is 0. The molecule has 7 aliphatic carbocycles. The lowest BCUT2D eigenvalue weighted by Crippen LogP contribution is -2.68. The van der Waals surface area contributed by atoms with Gasteiger partial charge in [-0.25, -0.2) is 0 Å². The largest absolute Gasteiger partial charge is 0.481 e. The Balaban J connectivity index is 1.00. The van der Waals surface area contributed by atoms with Gasteiger partial charge in [0, 0.05) is 36.9 Å². The molecule has 8 heteroatoms. The van der Waals surface area contributed by atoms with Gasteiger partial charge in [0.2, 0.25) is 11.8 Å². The molecule has 0 aromatic rings. The van der Waals surface area contributed by atoms with Crippen LogP contribution in [-0.2, 0) is 23.9 Å². The van der Waals surface area contributed by atoms with Crippen molar-refractivity contribution in [3.8, 4) is 0 Å². The summed E-state index contributed by atoms with van der Waals surface area (Å²) in [6.07, 6.45) is 14.4. The molecule has 8 rings (SSSR count). The van der Waals surface area contributed by atoms with Gasteiger partial charge in [-0.3, -0.25) is 19.2 Å². The number of fused-ring (bicyclic) bond motifs is 7. The topological polar surface area (TPSA) is 113 Å². The first-order chi connectivity index (χ1) is 27.0. The van der Waals surface area contributed by atoms with E-state index in [0.717, 1.165) is 90.1 Å². The maximum absolute atomic E-state index is 15.0. The highest BCUT2D eigenvalue weighted by atomic mass is 16.5. The van der Waals surface area contributed by atoms with E-state index in [2.05, 4.69) is 72.2 Å². The fourth-order valence-electron chi connectivity index (χ4n) is 16.9. The van der Waals surface area contributed by atoms with Gasteiger partial charge in [0.05, 0.1) is 11.3 Å². The summed E-state index contributed by atoms with van der Waals surface area (Å²) in [4.78, 5) is 56.0. The van der Waals surface area contributed by atoms with Crippen LogP contribution in [-0.4, -0.2) is 59.0 Å². The highest BCUT2D eigenvalue weighted by Gasteiger charge is 2.73. The molecular weight excluding hydrogens is 725 g/mol. The maximum atomic E-state index is 15.0. The summed E-state index contributed by atoms with van der Waals surface area (Å²) in [5.41, 5.74) is 0.411. The average molecular weight is 803 g/mol. The van der Waals surface area contributed by atoms with Crippen LogP contribution in [0.15, 0.2) is 12.2 Å². The van der Waals surface area contributed by atoms with Gasteiger partial charge >= 0.3 is 11.9 Å². The van der Waals surface area contributed by atoms with Crippen molar-refractivity contribution in [1.29, 1.82) is 0 Å². The fourth-order valence-corrected chi connectivity index (χ4v) is 16.9. The fraction of sp³-hybridized carbons (Fsp3) is 0.880. The molecule has 0 spiro atoms. The molecule has 0 radical (unpaired) electrons. The van der Waals surface area contributed by atoms with Crippen LogP contribution in [0.3, 0.4) is 0 Å². The Morgan fingerprint density at radius 2 is 1.45 bits per heavy atom. The van der Waals surface area contributed by atoms with Crippen molar-refractivity contribution in [3.05, 3.63) is 12.2 Å². The molecule has 2 amide bonds. The summed E-state index contributed by atoms with van der Waals surface area (Å²) in [5.74, 6) is 1.03. The Morgan fingerprint density at radius 3 is 2.09 bits per heavy atom. The molecule has 8 nitrogen and oxygen atoms in total. The monoisotopic (exact) mass is 803 g/mol. The number of ether oxygens (including phenoxy) is 1. The number of carboxylic acid groups (broad SMARTS) is 1. The molecule has 2 N–H and O–H groups in total. The first-order valence-electron chi connectivity index (χ1n) is 23.7. The SMILES string of the molecule is C=C(C)[C@@H]1CC[C@]2(C(=O)N[C@@H]3C[C@H](C(=O)N4CCCCC4)C3(C)C)CC[C@]3(C)[C@H](CC[C@@H]4[C@@]5(C)CC[C@H](OC(=O)[C@H]6[C@@H](CC(=O)O)C6(C)C)C(C)(C)[C@@H]5CC[C@]43C)[C@@H]12. The molecule has 1 aliphatic heterocycles. The third-order valence-corrected chi connectivity index (χ3v) is 21.0. The van der Waals surface area contributed by atoms with Crippen molar-refractivity contribution in [2.45, 2.75) is 178 Å². The second-order valence-electron chi connectivity index (χ2n) is 24.2. The summed E-state index contributed by atoms with van der Waals surface area (Å²) in [6.45, 7) is 29.5.